The number of pyridine rings is 1. The summed E-state index contributed by atoms with van der Waals surface area (Å²) < 4.78 is 0. The zero-order valence-electron chi connectivity index (χ0n) is 14.3. The fourth-order valence-corrected chi connectivity index (χ4v) is 3.01. The van der Waals surface area contributed by atoms with Crippen LogP contribution in [-0.2, 0) is 13.1 Å². The summed E-state index contributed by atoms with van der Waals surface area (Å²) in [7, 11) is 0. The van der Waals surface area contributed by atoms with Crippen molar-refractivity contribution in [3.05, 3.63) is 58.4 Å². The molecule has 24 heavy (non-hydrogen) atoms. The van der Waals surface area contributed by atoms with E-state index in [9.17, 15) is 0 Å². The van der Waals surface area contributed by atoms with Crippen molar-refractivity contribution in [2.75, 3.05) is 12.8 Å². The first kappa shape index (κ1) is 18.6. The topological polar surface area (TPSA) is 49.3 Å². The van der Waals surface area contributed by atoms with Gasteiger partial charge in [0.15, 0.2) is 5.96 Å². The van der Waals surface area contributed by atoms with Crippen molar-refractivity contribution in [2.24, 2.45) is 4.99 Å². The van der Waals surface area contributed by atoms with Gasteiger partial charge in [-0.2, -0.15) is 0 Å². The Kier molecular flexibility index (Phi) is 7.40. The van der Waals surface area contributed by atoms with Crippen LogP contribution in [0.1, 0.15) is 23.6 Å². The molecule has 0 saturated carbocycles. The van der Waals surface area contributed by atoms with Gasteiger partial charge in [0.1, 0.15) is 5.15 Å². The van der Waals surface area contributed by atoms with Crippen LogP contribution in [0.15, 0.2) is 46.4 Å². The molecule has 1 heterocycles. The molecule has 0 aliphatic heterocycles. The molecule has 2 aromatic rings. The number of benzene rings is 1. The van der Waals surface area contributed by atoms with E-state index >= 15 is 0 Å². The number of aliphatic imine (C=N–C) groups is 1. The zero-order chi connectivity index (χ0) is 17.4. The minimum Gasteiger partial charge on any atom is -0.357 e. The van der Waals surface area contributed by atoms with E-state index in [2.05, 4.69) is 58.9 Å². The third kappa shape index (κ3) is 5.73. The molecule has 0 radical (unpaired) electrons. The summed E-state index contributed by atoms with van der Waals surface area (Å²) in [6, 6.07) is 10.2. The molecule has 2 rings (SSSR count). The van der Waals surface area contributed by atoms with Gasteiger partial charge in [-0.25, -0.2) is 9.98 Å². The van der Waals surface area contributed by atoms with Gasteiger partial charge in [0.25, 0.3) is 0 Å². The summed E-state index contributed by atoms with van der Waals surface area (Å²) in [5, 5.41) is 7.16. The lowest BCUT2D eigenvalue weighted by Crippen LogP contribution is -2.36. The predicted molar refractivity (Wildman–Crippen MR) is 104 cm³/mol. The molecule has 1 aromatic carbocycles. The smallest absolute Gasteiger partial charge is 0.191 e. The summed E-state index contributed by atoms with van der Waals surface area (Å²) in [5.74, 6) is 0.792. The molecule has 0 fully saturated rings. The predicted octanol–water partition coefficient (Wildman–Crippen LogP) is 4.02. The molecule has 0 aliphatic rings. The molecule has 128 valence electrons. The lowest BCUT2D eigenvalue weighted by molar-refractivity contribution is 0.806. The minimum atomic E-state index is 0.497. The highest BCUT2D eigenvalue weighted by molar-refractivity contribution is 7.98. The number of thioether (sulfide) groups is 1. The third-order valence-corrected chi connectivity index (χ3v) is 4.48. The van der Waals surface area contributed by atoms with Gasteiger partial charge < -0.3 is 10.6 Å². The zero-order valence-corrected chi connectivity index (χ0v) is 15.8. The van der Waals surface area contributed by atoms with E-state index in [1.807, 2.05) is 6.07 Å². The Hall–Kier alpha value is -1.72. The monoisotopic (exact) mass is 362 g/mol. The van der Waals surface area contributed by atoms with Gasteiger partial charge in [-0.05, 0) is 48.9 Å². The van der Waals surface area contributed by atoms with Crippen molar-refractivity contribution in [1.82, 2.24) is 15.6 Å². The molecule has 0 spiro atoms. The molecule has 4 nitrogen and oxygen atoms in total. The van der Waals surface area contributed by atoms with Crippen molar-refractivity contribution in [3.8, 4) is 0 Å². The molecule has 0 aliphatic carbocycles. The number of rotatable bonds is 6. The summed E-state index contributed by atoms with van der Waals surface area (Å²) in [5.41, 5.74) is 3.57. The highest BCUT2D eigenvalue weighted by atomic mass is 35.5. The average Bonchev–Trinajstić information content (AvgIpc) is 2.59. The summed E-state index contributed by atoms with van der Waals surface area (Å²) >= 11 is 7.57. The second-order valence-corrected chi connectivity index (χ2v) is 6.59. The van der Waals surface area contributed by atoms with Gasteiger partial charge in [-0.1, -0.05) is 29.8 Å². The molecule has 0 atom stereocenters. The van der Waals surface area contributed by atoms with Gasteiger partial charge >= 0.3 is 0 Å². The number of hydrogen-bond donors (Lipinski definition) is 2. The first-order valence-electron chi connectivity index (χ1n) is 7.88. The average molecular weight is 363 g/mol. The number of aryl methyl sites for hydroxylation is 1. The van der Waals surface area contributed by atoms with Crippen LogP contribution < -0.4 is 10.6 Å². The van der Waals surface area contributed by atoms with Crippen molar-refractivity contribution < 1.29 is 0 Å². The standard InChI is InChI=1S/C18H23ClN4S/c1-4-20-18(22-11-14-6-8-17(19)21-10-14)23-12-15-7-5-13(2)9-16(15)24-3/h5-10H,4,11-12H2,1-3H3,(H2,20,22,23). The highest BCUT2D eigenvalue weighted by Gasteiger charge is 2.04. The Morgan fingerprint density at radius 1 is 1.25 bits per heavy atom. The third-order valence-electron chi connectivity index (χ3n) is 3.44. The van der Waals surface area contributed by atoms with E-state index in [-0.39, 0.29) is 0 Å². The van der Waals surface area contributed by atoms with Gasteiger partial charge in [0.2, 0.25) is 0 Å². The highest BCUT2D eigenvalue weighted by Crippen LogP contribution is 2.21. The van der Waals surface area contributed by atoms with E-state index in [1.165, 1.54) is 16.0 Å². The van der Waals surface area contributed by atoms with Crippen LogP contribution in [-0.4, -0.2) is 23.7 Å². The van der Waals surface area contributed by atoms with Crippen LogP contribution in [0, 0.1) is 6.92 Å². The van der Waals surface area contributed by atoms with E-state index < -0.39 is 0 Å². The van der Waals surface area contributed by atoms with Crippen LogP contribution in [0.2, 0.25) is 5.15 Å². The van der Waals surface area contributed by atoms with E-state index in [4.69, 9.17) is 11.6 Å². The molecule has 0 unspecified atom stereocenters. The molecule has 0 amide bonds. The Bertz CT molecular complexity index is 686. The second kappa shape index (κ2) is 9.55. The van der Waals surface area contributed by atoms with Gasteiger partial charge in [-0.3, -0.25) is 0 Å². The van der Waals surface area contributed by atoms with Crippen LogP contribution in [0.4, 0.5) is 0 Å². The quantitative estimate of drug-likeness (QED) is 0.352. The molecule has 0 bridgehead atoms. The van der Waals surface area contributed by atoms with Crippen LogP contribution in [0.5, 0.6) is 0 Å². The number of nitrogens with zero attached hydrogens (tertiary/aromatic N) is 2. The number of hydrogen-bond acceptors (Lipinski definition) is 3. The van der Waals surface area contributed by atoms with Crippen molar-refractivity contribution in [3.63, 3.8) is 0 Å². The SMILES string of the molecule is CCNC(=NCc1ccc(Cl)nc1)NCc1ccc(C)cc1SC. The van der Waals surface area contributed by atoms with Crippen LogP contribution >= 0.6 is 23.4 Å². The number of aromatic nitrogens is 1. The molecular weight excluding hydrogens is 340 g/mol. The maximum atomic E-state index is 5.81. The largest absolute Gasteiger partial charge is 0.357 e. The molecule has 6 heteroatoms. The molecule has 0 saturated heterocycles. The van der Waals surface area contributed by atoms with Crippen LogP contribution in [0.3, 0.4) is 0 Å². The Morgan fingerprint density at radius 2 is 2.08 bits per heavy atom. The summed E-state index contributed by atoms with van der Waals surface area (Å²) in [6.45, 7) is 6.28. The van der Waals surface area contributed by atoms with Crippen molar-refractivity contribution >= 4 is 29.3 Å². The summed E-state index contributed by atoms with van der Waals surface area (Å²) in [6.07, 6.45) is 3.85. The minimum absolute atomic E-state index is 0.497. The number of halogens is 1. The fraction of sp³-hybridized carbons (Fsp3) is 0.333. The fourth-order valence-electron chi connectivity index (χ4n) is 2.19. The maximum Gasteiger partial charge on any atom is 0.191 e. The lowest BCUT2D eigenvalue weighted by Gasteiger charge is -2.13. The lowest BCUT2D eigenvalue weighted by atomic mass is 10.1. The van der Waals surface area contributed by atoms with E-state index in [0.717, 1.165) is 24.6 Å². The van der Waals surface area contributed by atoms with E-state index in [0.29, 0.717) is 11.7 Å². The molecule has 1 aromatic heterocycles. The van der Waals surface area contributed by atoms with Gasteiger partial charge in [0.05, 0.1) is 6.54 Å². The van der Waals surface area contributed by atoms with Crippen molar-refractivity contribution in [2.45, 2.75) is 31.8 Å². The number of nitrogens with one attached hydrogen (secondary N) is 2. The maximum absolute atomic E-state index is 5.81. The first-order valence-corrected chi connectivity index (χ1v) is 9.48. The Morgan fingerprint density at radius 3 is 2.75 bits per heavy atom. The van der Waals surface area contributed by atoms with Gasteiger partial charge in [-0.15, -0.1) is 11.8 Å². The van der Waals surface area contributed by atoms with Gasteiger partial charge in [0, 0.05) is 24.2 Å². The van der Waals surface area contributed by atoms with E-state index in [1.54, 1.807) is 24.0 Å². The normalized spacial score (nSPS) is 11.4. The second-order valence-electron chi connectivity index (χ2n) is 5.35. The Balaban J connectivity index is 2.02. The van der Waals surface area contributed by atoms with Crippen molar-refractivity contribution in [1.29, 1.82) is 0 Å². The van der Waals surface area contributed by atoms with Crippen LogP contribution in [0.25, 0.3) is 0 Å². The summed E-state index contributed by atoms with van der Waals surface area (Å²) in [4.78, 5) is 9.98. The molecular formula is C18H23ClN4S. The molecule has 2 N–H and O–H groups in total. The number of guanidine groups is 1. The Labute approximate surface area is 153 Å². The first-order chi connectivity index (χ1) is 11.6.